The number of hydrogen-bond donors (Lipinski definition) is 0. The standard InChI is InChI=1S/C26H50O/c1-2-3-4-5-6-7-8-9-10-11-12-13-14-15-16-17-18-19-20-21-22-23-24-25-26-27/h9-10,26H,2-8,11-25H2,1H3/b10-9-. The highest BCUT2D eigenvalue weighted by atomic mass is 16.1. The predicted octanol–water partition coefficient (Wildman–Crippen LogP) is 9.34. The molecule has 27 heavy (non-hydrogen) atoms. The van der Waals surface area contributed by atoms with Gasteiger partial charge in [-0.05, 0) is 32.1 Å². The van der Waals surface area contributed by atoms with Crippen molar-refractivity contribution >= 4 is 6.29 Å². The largest absolute Gasteiger partial charge is 0.303 e. The third-order valence-corrected chi connectivity index (χ3v) is 5.58. The number of carbonyl (C=O) groups excluding carboxylic acids is 1. The maximum absolute atomic E-state index is 10.2. The Morgan fingerprint density at radius 1 is 0.407 bits per heavy atom. The van der Waals surface area contributed by atoms with Gasteiger partial charge >= 0.3 is 0 Å². The average molecular weight is 379 g/mol. The minimum Gasteiger partial charge on any atom is -0.303 e. The Kier molecular flexibility index (Phi) is 24.9. The Hall–Kier alpha value is -0.590. The van der Waals surface area contributed by atoms with Crippen molar-refractivity contribution in [1.82, 2.24) is 0 Å². The summed E-state index contributed by atoms with van der Waals surface area (Å²) in [5.41, 5.74) is 0. The molecule has 0 unspecified atom stereocenters. The highest BCUT2D eigenvalue weighted by Crippen LogP contribution is 2.13. The van der Waals surface area contributed by atoms with Crippen molar-refractivity contribution in [2.45, 2.75) is 148 Å². The molecule has 0 spiro atoms. The molecule has 0 fully saturated rings. The van der Waals surface area contributed by atoms with Crippen molar-refractivity contribution in [1.29, 1.82) is 0 Å². The summed E-state index contributed by atoms with van der Waals surface area (Å²) in [4.78, 5) is 10.2. The van der Waals surface area contributed by atoms with Crippen LogP contribution in [0.15, 0.2) is 12.2 Å². The van der Waals surface area contributed by atoms with Crippen molar-refractivity contribution < 1.29 is 4.79 Å². The normalized spacial score (nSPS) is 11.4. The van der Waals surface area contributed by atoms with Gasteiger partial charge in [0.1, 0.15) is 6.29 Å². The molecule has 0 amide bonds. The first-order valence-corrected chi connectivity index (χ1v) is 12.5. The number of rotatable bonds is 23. The summed E-state index contributed by atoms with van der Waals surface area (Å²) in [6.45, 7) is 2.28. The molecule has 0 aliphatic heterocycles. The van der Waals surface area contributed by atoms with E-state index in [1.165, 1.54) is 128 Å². The zero-order valence-corrected chi connectivity index (χ0v) is 18.7. The molecule has 0 aliphatic rings. The molecule has 0 aromatic heterocycles. The van der Waals surface area contributed by atoms with E-state index in [0.717, 1.165) is 19.1 Å². The van der Waals surface area contributed by atoms with Crippen molar-refractivity contribution in [3.8, 4) is 0 Å². The van der Waals surface area contributed by atoms with Gasteiger partial charge in [0.2, 0.25) is 0 Å². The van der Waals surface area contributed by atoms with Crippen LogP contribution >= 0.6 is 0 Å². The predicted molar refractivity (Wildman–Crippen MR) is 122 cm³/mol. The molecule has 160 valence electrons. The second-order valence-corrected chi connectivity index (χ2v) is 8.37. The quantitative estimate of drug-likeness (QED) is 0.0982. The van der Waals surface area contributed by atoms with Gasteiger partial charge in [0.25, 0.3) is 0 Å². The maximum Gasteiger partial charge on any atom is 0.119 e. The van der Waals surface area contributed by atoms with Crippen LogP contribution in [0.3, 0.4) is 0 Å². The van der Waals surface area contributed by atoms with E-state index < -0.39 is 0 Å². The highest BCUT2D eigenvalue weighted by Gasteiger charge is 1.94. The van der Waals surface area contributed by atoms with Crippen LogP contribution in [0, 0.1) is 0 Å². The molecule has 0 rings (SSSR count). The molecular weight excluding hydrogens is 328 g/mol. The first kappa shape index (κ1) is 26.4. The molecular formula is C26H50O. The molecule has 0 saturated carbocycles. The molecule has 0 bridgehead atoms. The van der Waals surface area contributed by atoms with Gasteiger partial charge in [-0.1, -0.05) is 122 Å². The highest BCUT2D eigenvalue weighted by molar-refractivity contribution is 5.48. The maximum atomic E-state index is 10.2. The number of hydrogen-bond acceptors (Lipinski definition) is 1. The molecule has 1 nitrogen and oxygen atoms in total. The Bertz CT molecular complexity index is 295. The van der Waals surface area contributed by atoms with E-state index in [-0.39, 0.29) is 0 Å². The lowest BCUT2D eigenvalue weighted by atomic mass is 10.0. The number of carbonyl (C=O) groups is 1. The fraction of sp³-hybridized carbons (Fsp3) is 0.885. The summed E-state index contributed by atoms with van der Waals surface area (Å²) in [7, 11) is 0. The smallest absolute Gasteiger partial charge is 0.119 e. The Balaban J connectivity index is 3.04. The molecule has 0 aromatic carbocycles. The van der Waals surface area contributed by atoms with Crippen LogP contribution in [-0.2, 0) is 4.79 Å². The fourth-order valence-corrected chi connectivity index (χ4v) is 3.71. The molecule has 0 heterocycles. The van der Waals surface area contributed by atoms with Crippen molar-refractivity contribution in [2.75, 3.05) is 0 Å². The Morgan fingerprint density at radius 3 is 1.04 bits per heavy atom. The first-order valence-electron chi connectivity index (χ1n) is 12.5. The van der Waals surface area contributed by atoms with E-state index in [1.807, 2.05) is 0 Å². The second kappa shape index (κ2) is 25.4. The van der Waals surface area contributed by atoms with Crippen LogP contribution in [0.25, 0.3) is 0 Å². The lowest BCUT2D eigenvalue weighted by Crippen LogP contribution is -1.83. The van der Waals surface area contributed by atoms with Crippen LogP contribution in [0.4, 0.5) is 0 Å². The van der Waals surface area contributed by atoms with E-state index >= 15 is 0 Å². The van der Waals surface area contributed by atoms with E-state index in [4.69, 9.17) is 0 Å². The van der Waals surface area contributed by atoms with Crippen molar-refractivity contribution in [3.05, 3.63) is 12.2 Å². The summed E-state index contributed by atoms with van der Waals surface area (Å²) >= 11 is 0. The summed E-state index contributed by atoms with van der Waals surface area (Å²) < 4.78 is 0. The Labute approximate surface area is 171 Å². The van der Waals surface area contributed by atoms with Crippen LogP contribution in [-0.4, -0.2) is 6.29 Å². The van der Waals surface area contributed by atoms with Crippen molar-refractivity contribution in [2.24, 2.45) is 0 Å². The third-order valence-electron chi connectivity index (χ3n) is 5.58. The molecule has 0 atom stereocenters. The first-order chi connectivity index (χ1) is 13.4. The van der Waals surface area contributed by atoms with Gasteiger partial charge in [-0.3, -0.25) is 0 Å². The monoisotopic (exact) mass is 378 g/mol. The summed E-state index contributed by atoms with van der Waals surface area (Å²) in [5.74, 6) is 0. The number of unbranched alkanes of at least 4 members (excludes halogenated alkanes) is 20. The lowest BCUT2D eigenvalue weighted by Gasteiger charge is -2.02. The van der Waals surface area contributed by atoms with Gasteiger partial charge in [-0.2, -0.15) is 0 Å². The SMILES string of the molecule is CCCCCCCC/C=C\CCCCCCCCCCCCCCCC=O. The molecule has 0 radical (unpaired) electrons. The summed E-state index contributed by atoms with van der Waals surface area (Å²) in [5, 5.41) is 0. The zero-order chi connectivity index (χ0) is 19.7. The van der Waals surface area contributed by atoms with Gasteiger partial charge in [0.15, 0.2) is 0 Å². The summed E-state index contributed by atoms with van der Waals surface area (Å²) in [6.07, 6.45) is 35.5. The fourth-order valence-electron chi connectivity index (χ4n) is 3.71. The van der Waals surface area contributed by atoms with E-state index in [1.54, 1.807) is 0 Å². The van der Waals surface area contributed by atoms with Gasteiger partial charge in [0, 0.05) is 6.42 Å². The number of allylic oxidation sites excluding steroid dienone is 2. The Morgan fingerprint density at radius 2 is 0.704 bits per heavy atom. The molecule has 0 N–H and O–H groups in total. The van der Waals surface area contributed by atoms with E-state index in [9.17, 15) is 4.79 Å². The van der Waals surface area contributed by atoms with E-state index in [2.05, 4.69) is 19.1 Å². The zero-order valence-electron chi connectivity index (χ0n) is 18.7. The van der Waals surface area contributed by atoms with E-state index in [0.29, 0.717) is 0 Å². The van der Waals surface area contributed by atoms with Crippen molar-refractivity contribution in [3.63, 3.8) is 0 Å². The molecule has 0 saturated heterocycles. The van der Waals surface area contributed by atoms with Gasteiger partial charge < -0.3 is 4.79 Å². The van der Waals surface area contributed by atoms with Gasteiger partial charge in [0.05, 0.1) is 0 Å². The van der Waals surface area contributed by atoms with Gasteiger partial charge in [-0.15, -0.1) is 0 Å². The van der Waals surface area contributed by atoms with Crippen LogP contribution in [0.2, 0.25) is 0 Å². The molecule has 0 aromatic rings. The molecule has 0 aliphatic carbocycles. The van der Waals surface area contributed by atoms with Crippen LogP contribution in [0.1, 0.15) is 148 Å². The number of aldehydes is 1. The molecule has 1 heteroatoms. The minimum atomic E-state index is 0.759. The minimum absolute atomic E-state index is 0.759. The van der Waals surface area contributed by atoms with Gasteiger partial charge in [-0.25, -0.2) is 0 Å². The lowest BCUT2D eigenvalue weighted by molar-refractivity contribution is -0.107. The topological polar surface area (TPSA) is 17.1 Å². The average Bonchev–Trinajstić information content (AvgIpc) is 2.68. The van der Waals surface area contributed by atoms with Crippen LogP contribution in [0.5, 0.6) is 0 Å². The summed E-state index contributed by atoms with van der Waals surface area (Å²) in [6, 6.07) is 0. The van der Waals surface area contributed by atoms with Crippen LogP contribution < -0.4 is 0 Å². The third kappa shape index (κ3) is 25.4. The second-order valence-electron chi connectivity index (χ2n) is 8.37.